The van der Waals surface area contributed by atoms with Gasteiger partial charge in [-0.2, -0.15) is 43.9 Å². The van der Waals surface area contributed by atoms with Crippen molar-refractivity contribution in [2.24, 2.45) is 0 Å². The maximum absolute atomic E-state index is 12.7. The summed E-state index contributed by atoms with van der Waals surface area (Å²) in [4.78, 5) is 0. The van der Waals surface area contributed by atoms with E-state index >= 15 is 0 Å². The predicted molar refractivity (Wildman–Crippen MR) is 442 cm³/mol. The molecule has 0 unspecified atom stereocenters. The summed E-state index contributed by atoms with van der Waals surface area (Å²) in [6.07, 6.45) is 2.79. The molecule has 0 saturated carbocycles. The van der Waals surface area contributed by atoms with Gasteiger partial charge in [-0.15, -0.1) is 23.4 Å². The van der Waals surface area contributed by atoms with Crippen molar-refractivity contribution < 1.29 is 77.8 Å². The summed E-state index contributed by atoms with van der Waals surface area (Å²) in [6, 6.07) is 52.7. The van der Waals surface area contributed by atoms with Gasteiger partial charge in [0.25, 0.3) is 0 Å². The highest BCUT2D eigenvalue weighted by atomic mass is 19.4. The summed E-state index contributed by atoms with van der Waals surface area (Å²) in [5, 5.41) is 59.5. The number of nitrogens with two attached hydrogens (primary N) is 1. The molecule has 7 aromatic heterocycles. The number of halogens is 7. The van der Waals surface area contributed by atoms with Crippen LogP contribution in [-0.4, -0.2) is 98.3 Å². The second kappa shape index (κ2) is 37.6. The fourth-order valence-electron chi connectivity index (χ4n) is 14.3. The van der Waals surface area contributed by atoms with Gasteiger partial charge in [-0.3, -0.25) is 4.57 Å². The van der Waals surface area contributed by atoms with Crippen LogP contribution in [0.15, 0.2) is 175 Å². The Bertz CT molecular complexity index is 6500. The molecular formula is C90H81F7N14O10. The molecular weight excluding hydrogens is 1570 g/mol. The van der Waals surface area contributed by atoms with Crippen molar-refractivity contribution in [3.05, 3.63) is 204 Å². The van der Waals surface area contributed by atoms with Gasteiger partial charge in [-0.25, -0.2) is 0 Å². The Morgan fingerprint density at radius 2 is 0.860 bits per heavy atom. The number of nitrogen functional groups attached to an aromatic ring is 1. The van der Waals surface area contributed by atoms with Crippen LogP contribution in [-0.2, 0) is 32.6 Å². The zero-order chi connectivity index (χ0) is 86.5. The summed E-state index contributed by atoms with van der Waals surface area (Å²) in [5.74, 6) is 5.97. The average molecular weight is 1650 g/mol. The molecule has 2 N–H and O–H groups in total. The molecule has 2 aliphatic heterocycles. The summed E-state index contributed by atoms with van der Waals surface area (Å²) < 4.78 is 149. The van der Waals surface area contributed by atoms with Gasteiger partial charge in [0, 0.05) is 138 Å². The fraction of sp³-hybridized carbons (Fsp3) is 0.256. The number of nitriles is 5. The second-order valence-corrected chi connectivity index (χ2v) is 27.2. The number of ether oxygens (including phenoxy) is 9. The van der Waals surface area contributed by atoms with Crippen molar-refractivity contribution in [1.29, 1.82) is 26.3 Å². The van der Waals surface area contributed by atoms with Gasteiger partial charge in [0.05, 0.1) is 99.2 Å². The van der Waals surface area contributed by atoms with Gasteiger partial charge < -0.3 is 75.6 Å². The van der Waals surface area contributed by atoms with E-state index in [1.807, 2.05) is 132 Å². The van der Waals surface area contributed by atoms with Gasteiger partial charge in [0.15, 0.2) is 23.0 Å². The molecule has 0 radical (unpaired) electrons. The fourth-order valence-corrected chi connectivity index (χ4v) is 14.3. The van der Waals surface area contributed by atoms with E-state index in [4.69, 9.17) is 53.8 Å². The number of rotatable bonds is 16. The smallest absolute Gasteiger partial charge is 0.497 e. The number of methoxy groups -OCH3 is 3. The largest absolute Gasteiger partial charge is 0.573 e. The minimum Gasteiger partial charge on any atom is -0.497 e. The molecule has 8 aromatic carbocycles. The molecule has 15 aromatic rings. The number of anilines is 1. The van der Waals surface area contributed by atoms with Gasteiger partial charge in [0.1, 0.15) is 85.5 Å². The van der Waals surface area contributed by atoms with Crippen molar-refractivity contribution >= 4 is 71.1 Å². The zero-order valence-electron chi connectivity index (χ0n) is 67.4. The summed E-state index contributed by atoms with van der Waals surface area (Å²) in [6.45, 7) is 13.8. The highest BCUT2D eigenvalue weighted by molar-refractivity contribution is 5.98. The number of hydrogen-bond donors (Lipinski definition) is 1. The Balaban J connectivity index is 0.000000134. The highest BCUT2D eigenvalue weighted by Crippen LogP contribution is 2.43. The van der Waals surface area contributed by atoms with Crippen LogP contribution < -0.4 is 48.4 Å². The third-order valence-electron chi connectivity index (χ3n) is 19.9. The number of aromatic nitrogens is 8. The first kappa shape index (κ1) is 85.5. The van der Waals surface area contributed by atoms with Crippen molar-refractivity contribution in [3.63, 3.8) is 0 Å². The Kier molecular flexibility index (Phi) is 26.5. The monoisotopic (exact) mass is 1650 g/mol. The van der Waals surface area contributed by atoms with E-state index in [1.54, 1.807) is 33.5 Å². The lowest BCUT2D eigenvalue weighted by molar-refractivity contribution is -0.274. The topological polar surface area (TPSA) is 297 Å². The minimum absolute atomic E-state index is 0.0281. The lowest BCUT2D eigenvalue weighted by atomic mass is 10.1. The zero-order valence-corrected chi connectivity index (χ0v) is 67.4. The molecule has 121 heavy (non-hydrogen) atoms. The van der Waals surface area contributed by atoms with Crippen molar-refractivity contribution in [3.8, 4) is 116 Å². The molecule has 9 heterocycles. The summed E-state index contributed by atoms with van der Waals surface area (Å²) in [7, 11) is 4.88. The highest BCUT2D eigenvalue weighted by Gasteiger charge is 2.32. The maximum atomic E-state index is 12.7. The molecule has 0 aliphatic carbocycles. The predicted octanol–water partition coefficient (Wildman–Crippen LogP) is 20.9. The van der Waals surface area contributed by atoms with E-state index in [0.29, 0.717) is 100 Å². The van der Waals surface area contributed by atoms with Crippen LogP contribution in [0, 0.1) is 56.7 Å². The number of aryl methyl sites for hydroxylation is 5. The van der Waals surface area contributed by atoms with E-state index in [0.717, 1.165) is 144 Å². The molecule has 620 valence electrons. The second-order valence-electron chi connectivity index (χ2n) is 27.2. The van der Waals surface area contributed by atoms with Crippen molar-refractivity contribution in [2.75, 3.05) is 53.5 Å². The minimum atomic E-state index is -4.74. The number of alkyl halides is 7. The quantitative estimate of drug-likeness (QED) is 0.0694. The van der Waals surface area contributed by atoms with Crippen LogP contribution in [0.4, 0.5) is 36.4 Å². The van der Waals surface area contributed by atoms with E-state index in [2.05, 4.69) is 98.5 Å². The average Bonchev–Trinajstić information content (AvgIpc) is 1.56. The van der Waals surface area contributed by atoms with Crippen molar-refractivity contribution in [1.82, 2.24) is 37.6 Å². The van der Waals surface area contributed by atoms with E-state index in [9.17, 15) is 46.5 Å². The van der Waals surface area contributed by atoms with E-state index < -0.39 is 19.5 Å². The molecule has 0 bridgehead atoms. The Hall–Kier alpha value is -14.9. The standard InChI is InChI=1S/C19H15F3N2O2.C18H17N3O.C15H17N3O2.C14H14N2O2.C13H12N2O2.C11H6F4N2O/c1-3-24-17-10-14(25-2)8-9-15(17)16(11-23)18(24)12-4-6-13(7-5-12)26-19(20,21)22;1-3-21-17-10-14(22-2)8-9-15(17)16(11-19)18(21)12-4-6-13(20)7-5-12;1-4-14-16-17-15(20-14)12-9-18(5-2)13-8-10(19-3)6-7-11(12)13;1-9(2)16-8-10(7-15)11-5-13-14(6-12(11)16)18-4-3-17-13;1-2-15-8-9(7-14)10-5-12-13(6-11(10)15)17-4-3-16-12;12-10(13)17-5-6(4-16)8-2-1-7(3-9(8)17)18-11(14)15/h4-10H,3H2,1-2H3;4-10H,3,20H2,1-2H3;6-9H,4-5H2,1-3H3;5-6,8-9H,3-4H2,1-2H3;5-6,8H,2-4H2,1H3;1-3,5,10-11H. The molecule has 0 saturated heterocycles. The van der Waals surface area contributed by atoms with Crippen LogP contribution in [0.3, 0.4) is 0 Å². The van der Waals surface area contributed by atoms with Gasteiger partial charge in [0.2, 0.25) is 11.8 Å². The van der Waals surface area contributed by atoms with E-state index in [1.165, 1.54) is 36.4 Å². The summed E-state index contributed by atoms with van der Waals surface area (Å²) in [5.41, 5.74) is 18.2. The van der Waals surface area contributed by atoms with Crippen LogP contribution in [0.5, 0.6) is 51.7 Å². The molecule has 0 amide bonds. The first-order valence-corrected chi connectivity index (χ1v) is 38.3. The van der Waals surface area contributed by atoms with Gasteiger partial charge in [-0.1, -0.05) is 19.1 Å². The molecule has 0 spiro atoms. The number of benzene rings is 8. The molecule has 0 atom stereocenters. The van der Waals surface area contributed by atoms with Gasteiger partial charge >= 0.3 is 19.5 Å². The molecule has 24 nitrogen and oxygen atoms in total. The molecule has 17 rings (SSSR count). The molecule has 0 fully saturated rings. The van der Waals surface area contributed by atoms with Crippen LogP contribution in [0.25, 0.3) is 99.4 Å². The first-order chi connectivity index (χ1) is 58.4. The molecule has 2 aliphatic rings. The summed E-state index contributed by atoms with van der Waals surface area (Å²) >= 11 is 0. The first-order valence-electron chi connectivity index (χ1n) is 38.3. The number of hydrogen-bond acceptors (Lipinski definition) is 18. The lowest BCUT2D eigenvalue weighted by Crippen LogP contribution is -2.16. The SMILES string of the molecule is CC(C)n1cc(C#N)c2cc3c(cc21)OCCO3.CCc1nnc(-c2cn(CC)c3cc(OC)ccc23)o1.CCn1c(-c2ccc(N)cc2)c(C#N)c2ccc(OC)cc21.CCn1c(-c2ccc(OC(F)(F)F)cc2)c(C#N)c2ccc(OC)cc21.CCn1cc(C#N)c2cc3c(cc21)OCCO3.N#Cc1cn(C(F)F)c2cc(OC(F)F)ccc12. The Morgan fingerprint density at radius 1 is 0.446 bits per heavy atom. The Morgan fingerprint density at radius 3 is 1.31 bits per heavy atom. The normalized spacial score (nSPS) is 11.9. The van der Waals surface area contributed by atoms with E-state index in [-0.39, 0.29) is 28.0 Å². The third-order valence-corrected chi connectivity index (χ3v) is 19.9. The van der Waals surface area contributed by atoms with Gasteiger partial charge in [-0.05, 0) is 150 Å². The lowest BCUT2D eigenvalue weighted by Gasteiger charge is -2.19. The number of fused-ring (bicyclic) bond motifs is 8. The Labute approximate surface area is 689 Å². The van der Waals surface area contributed by atoms with Crippen LogP contribution >= 0.6 is 0 Å². The number of nitrogens with zero attached hydrogens (tertiary/aromatic N) is 13. The van der Waals surface area contributed by atoms with Crippen LogP contribution in [0.1, 0.15) is 94.8 Å². The van der Waals surface area contributed by atoms with Crippen LogP contribution in [0.2, 0.25) is 0 Å². The van der Waals surface area contributed by atoms with Crippen molar-refractivity contribution in [2.45, 2.75) is 107 Å². The maximum Gasteiger partial charge on any atom is 0.573 e. The third kappa shape index (κ3) is 18.3. The molecule has 31 heteroatoms.